The van der Waals surface area contributed by atoms with Gasteiger partial charge in [-0.25, -0.2) is 4.39 Å². The average Bonchev–Trinajstić information content (AvgIpc) is 2.95. The van der Waals surface area contributed by atoms with Gasteiger partial charge in [0.15, 0.2) is 0 Å². The van der Waals surface area contributed by atoms with Gasteiger partial charge >= 0.3 is 0 Å². The fraction of sp³-hybridized carbons (Fsp3) is 0.455. The van der Waals surface area contributed by atoms with E-state index >= 15 is 0 Å². The van der Waals surface area contributed by atoms with Crippen molar-refractivity contribution in [2.45, 2.75) is 25.3 Å². The van der Waals surface area contributed by atoms with E-state index in [4.69, 9.17) is 0 Å². The highest BCUT2D eigenvalue weighted by atomic mass is 79.9. The van der Waals surface area contributed by atoms with E-state index in [9.17, 15) is 4.39 Å². The third kappa shape index (κ3) is 2.79. The van der Waals surface area contributed by atoms with Crippen molar-refractivity contribution >= 4 is 15.9 Å². The molecule has 0 heterocycles. The molecule has 0 amide bonds. The van der Waals surface area contributed by atoms with Crippen LogP contribution in [0.3, 0.4) is 0 Å². The fourth-order valence-electron chi connectivity index (χ4n) is 1.43. The summed E-state index contributed by atoms with van der Waals surface area (Å²) < 4.78 is 14.2. The topological polar surface area (TPSA) is 12.0 Å². The lowest BCUT2D eigenvalue weighted by Gasteiger charge is -2.04. The van der Waals surface area contributed by atoms with Crippen molar-refractivity contribution in [1.82, 2.24) is 5.32 Å². The molecule has 1 N–H and O–H groups in total. The number of nitrogens with one attached hydrogen (secondary N) is 1. The molecule has 14 heavy (non-hydrogen) atoms. The number of halogens is 2. The first-order valence-corrected chi connectivity index (χ1v) is 5.72. The Kier molecular flexibility index (Phi) is 3.19. The number of rotatable bonds is 4. The van der Waals surface area contributed by atoms with E-state index in [1.54, 1.807) is 6.07 Å². The molecule has 0 spiro atoms. The zero-order chi connectivity index (χ0) is 9.97. The molecular formula is C11H13BrFN. The molecule has 2 rings (SSSR count). The minimum atomic E-state index is -0.106. The lowest BCUT2D eigenvalue weighted by atomic mass is 10.1. The van der Waals surface area contributed by atoms with Gasteiger partial charge in [0, 0.05) is 10.5 Å². The zero-order valence-electron chi connectivity index (χ0n) is 7.89. The number of hydrogen-bond acceptors (Lipinski definition) is 1. The molecule has 1 aliphatic carbocycles. The van der Waals surface area contributed by atoms with Crippen LogP contribution in [0.5, 0.6) is 0 Å². The van der Waals surface area contributed by atoms with Gasteiger partial charge in [-0.15, -0.1) is 0 Å². The van der Waals surface area contributed by atoms with Crippen LogP contribution < -0.4 is 5.32 Å². The third-order valence-corrected chi connectivity index (χ3v) is 2.91. The van der Waals surface area contributed by atoms with Crippen LogP contribution in [0, 0.1) is 5.82 Å². The van der Waals surface area contributed by atoms with Crippen molar-refractivity contribution in [3.05, 3.63) is 34.1 Å². The normalized spacial score (nSPS) is 15.9. The van der Waals surface area contributed by atoms with Gasteiger partial charge in [0.1, 0.15) is 5.82 Å². The van der Waals surface area contributed by atoms with E-state index in [-0.39, 0.29) is 5.82 Å². The summed E-state index contributed by atoms with van der Waals surface area (Å²) in [5, 5.41) is 3.37. The van der Waals surface area contributed by atoms with E-state index < -0.39 is 0 Å². The lowest BCUT2D eigenvalue weighted by Crippen LogP contribution is -2.19. The van der Waals surface area contributed by atoms with Gasteiger partial charge in [0.2, 0.25) is 0 Å². The van der Waals surface area contributed by atoms with Crippen LogP contribution in [0.25, 0.3) is 0 Å². The van der Waals surface area contributed by atoms with Crippen LogP contribution in [0.15, 0.2) is 22.7 Å². The summed E-state index contributed by atoms with van der Waals surface area (Å²) in [6.07, 6.45) is 3.32. The summed E-state index contributed by atoms with van der Waals surface area (Å²) in [7, 11) is 0. The Hall–Kier alpha value is -0.410. The number of hydrogen-bond donors (Lipinski definition) is 1. The molecule has 0 atom stereocenters. The molecule has 0 aliphatic heterocycles. The monoisotopic (exact) mass is 257 g/mol. The van der Waals surface area contributed by atoms with Gasteiger partial charge < -0.3 is 5.32 Å². The lowest BCUT2D eigenvalue weighted by molar-refractivity contribution is 0.596. The summed E-state index contributed by atoms with van der Waals surface area (Å²) in [5.74, 6) is -0.106. The maximum absolute atomic E-state index is 13.3. The maximum Gasteiger partial charge on any atom is 0.126 e. The average molecular weight is 258 g/mol. The first-order chi connectivity index (χ1) is 6.75. The molecular weight excluding hydrogens is 245 g/mol. The predicted molar refractivity (Wildman–Crippen MR) is 58.8 cm³/mol. The quantitative estimate of drug-likeness (QED) is 0.875. The van der Waals surface area contributed by atoms with Gasteiger partial charge in [0.25, 0.3) is 0 Å². The van der Waals surface area contributed by atoms with Crippen LogP contribution in [0.1, 0.15) is 18.4 Å². The van der Waals surface area contributed by atoms with Crippen LogP contribution in [0.2, 0.25) is 0 Å². The van der Waals surface area contributed by atoms with Crippen molar-refractivity contribution in [3.63, 3.8) is 0 Å². The Morgan fingerprint density at radius 2 is 2.21 bits per heavy atom. The largest absolute Gasteiger partial charge is 0.314 e. The maximum atomic E-state index is 13.3. The Morgan fingerprint density at radius 1 is 1.43 bits per heavy atom. The molecule has 1 saturated carbocycles. The van der Waals surface area contributed by atoms with Crippen molar-refractivity contribution in [3.8, 4) is 0 Å². The van der Waals surface area contributed by atoms with Crippen molar-refractivity contribution in [2.24, 2.45) is 0 Å². The molecule has 3 heteroatoms. The standard InChI is InChI=1S/C11H13BrFN/c12-9-1-4-11(13)8(7-9)5-6-14-10-2-3-10/h1,4,7,10,14H,2-3,5-6H2. The van der Waals surface area contributed by atoms with E-state index in [2.05, 4.69) is 21.2 Å². The summed E-state index contributed by atoms with van der Waals surface area (Å²) in [6.45, 7) is 0.873. The van der Waals surface area contributed by atoms with E-state index in [1.165, 1.54) is 18.9 Å². The van der Waals surface area contributed by atoms with Crippen LogP contribution >= 0.6 is 15.9 Å². The molecule has 0 aromatic heterocycles. The van der Waals surface area contributed by atoms with Crippen LogP contribution in [0.4, 0.5) is 4.39 Å². The molecule has 0 bridgehead atoms. The predicted octanol–water partition coefficient (Wildman–Crippen LogP) is 2.88. The van der Waals surface area contributed by atoms with E-state index in [0.29, 0.717) is 6.04 Å². The highest BCUT2D eigenvalue weighted by molar-refractivity contribution is 9.10. The highest BCUT2D eigenvalue weighted by Crippen LogP contribution is 2.19. The molecule has 1 aromatic rings. The van der Waals surface area contributed by atoms with Crippen LogP contribution in [-0.2, 0) is 6.42 Å². The van der Waals surface area contributed by atoms with E-state index in [1.807, 2.05) is 6.07 Å². The summed E-state index contributed by atoms with van der Waals surface area (Å²) >= 11 is 3.34. The van der Waals surface area contributed by atoms with E-state index in [0.717, 1.165) is 23.0 Å². The highest BCUT2D eigenvalue weighted by Gasteiger charge is 2.19. The summed E-state index contributed by atoms with van der Waals surface area (Å²) in [6, 6.07) is 5.79. The molecule has 1 fully saturated rings. The van der Waals surface area contributed by atoms with Crippen molar-refractivity contribution in [2.75, 3.05) is 6.54 Å². The second-order valence-electron chi connectivity index (χ2n) is 3.71. The Balaban J connectivity index is 1.89. The molecule has 1 aromatic carbocycles. The van der Waals surface area contributed by atoms with Crippen molar-refractivity contribution in [1.29, 1.82) is 0 Å². The SMILES string of the molecule is Fc1ccc(Br)cc1CCNC1CC1. The fourth-order valence-corrected chi connectivity index (χ4v) is 1.84. The molecule has 1 nitrogen and oxygen atoms in total. The summed E-state index contributed by atoms with van der Waals surface area (Å²) in [4.78, 5) is 0. The van der Waals surface area contributed by atoms with Gasteiger partial charge in [-0.05, 0) is 49.6 Å². The Bertz CT molecular complexity index is 323. The molecule has 0 saturated heterocycles. The second kappa shape index (κ2) is 4.41. The van der Waals surface area contributed by atoms with Crippen LogP contribution in [-0.4, -0.2) is 12.6 Å². The third-order valence-electron chi connectivity index (χ3n) is 2.41. The smallest absolute Gasteiger partial charge is 0.126 e. The minimum Gasteiger partial charge on any atom is -0.314 e. The Morgan fingerprint density at radius 3 is 2.93 bits per heavy atom. The first-order valence-electron chi connectivity index (χ1n) is 4.93. The minimum absolute atomic E-state index is 0.106. The second-order valence-corrected chi connectivity index (χ2v) is 4.63. The molecule has 76 valence electrons. The molecule has 0 unspecified atom stereocenters. The molecule has 0 radical (unpaired) electrons. The Labute approximate surface area is 91.8 Å². The van der Waals surface area contributed by atoms with Gasteiger partial charge in [-0.3, -0.25) is 0 Å². The van der Waals surface area contributed by atoms with Gasteiger partial charge in [-0.2, -0.15) is 0 Å². The number of benzene rings is 1. The summed E-state index contributed by atoms with van der Waals surface area (Å²) in [5.41, 5.74) is 0.785. The zero-order valence-corrected chi connectivity index (χ0v) is 9.48. The molecule has 1 aliphatic rings. The first kappa shape index (κ1) is 10.1. The van der Waals surface area contributed by atoms with Gasteiger partial charge in [0.05, 0.1) is 0 Å². The van der Waals surface area contributed by atoms with Gasteiger partial charge in [-0.1, -0.05) is 15.9 Å². The van der Waals surface area contributed by atoms with Crippen molar-refractivity contribution < 1.29 is 4.39 Å².